The lowest BCUT2D eigenvalue weighted by Crippen LogP contribution is -2.51. The molecule has 1 aromatic rings. The molecule has 0 aromatic heterocycles. The molecule has 2 N–H and O–H groups in total. The van der Waals surface area contributed by atoms with Gasteiger partial charge in [-0.1, -0.05) is 25.3 Å². The first-order valence-electron chi connectivity index (χ1n) is 12.9. The SMILES string of the molecule is CN(C)C(=O)Nc1ccc(CCS(=O)(=O)N2CCC3(CC2)N=C(C2CCCCC2)NC3=O)c(C(F)(F)F)c1. The number of rotatable bonds is 6. The molecule has 1 spiro atoms. The van der Waals surface area contributed by atoms with E-state index in [-0.39, 0.29) is 55.4 Å². The van der Waals surface area contributed by atoms with Crippen LogP contribution in [-0.4, -0.2) is 73.9 Å². The molecule has 0 radical (unpaired) electrons. The van der Waals surface area contributed by atoms with Gasteiger partial charge in [0.25, 0.3) is 5.91 Å². The van der Waals surface area contributed by atoms with Crippen molar-refractivity contribution in [2.75, 3.05) is 38.3 Å². The van der Waals surface area contributed by atoms with Gasteiger partial charge in [0, 0.05) is 38.8 Å². The number of sulfonamides is 1. The van der Waals surface area contributed by atoms with Gasteiger partial charge in [0.1, 0.15) is 11.4 Å². The molecule has 1 aromatic carbocycles. The molecule has 4 rings (SSSR count). The van der Waals surface area contributed by atoms with Crippen molar-refractivity contribution in [2.24, 2.45) is 10.9 Å². The van der Waals surface area contributed by atoms with Gasteiger partial charge in [0.2, 0.25) is 10.0 Å². The molecule has 3 amide bonds. The van der Waals surface area contributed by atoms with Crippen LogP contribution in [0.3, 0.4) is 0 Å². The molecule has 210 valence electrons. The Morgan fingerprint density at radius 3 is 2.45 bits per heavy atom. The third kappa shape index (κ3) is 6.14. The summed E-state index contributed by atoms with van der Waals surface area (Å²) in [5, 5.41) is 5.31. The summed E-state index contributed by atoms with van der Waals surface area (Å²) in [7, 11) is -0.950. The highest BCUT2D eigenvalue weighted by molar-refractivity contribution is 7.89. The molecule has 2 heterocycles. The van der Waals surface area contributed by atoms with E-state index in [0.717, 1.165) is 37.6 Å². The van der Waals surface area contributed by atoms with Crippen LogP contribution in [0, 0.1) is 5.92 Å². The fourth-order valence-electron chi connectivity index (χ4n) is 5.32. The largest absolute Gasteiger partial charge is 0.416 e. The molecule has 38 heavy (non-hydrogen) atoms. The number of carbonyl (C=O) groups excluding carboxylic acids is 2. The normalized spacial score (nSPS) is 20.8. The third-order valence-electron chi connectivity index (χ3n) is 7.64. The second-order valence-corrected chi connectivity index (χ2v) is 12.6. The summed E-state index contributed by atoms with van der Waals surface area (Å²) in [5.74, 6) is 0.261. The molecule has 0 bridgehead atoms. The monoisotopic (exact) mass is 557 g/mol. The quantitative estimate of drug-likeness (QED) is 0.557. The van der Waals surface area contributed by atoms with Gasteiger partial charge >= 0.3 is 12.2 Å². The summed E-state index contributed by atoms with van der Waals surface area (Å²) >= 11 is 0. The van der Waals surface area contributed by atoms with E-state index in [1.807, 2.05) is 0 Å². The van der Waals surface area contributed by atoms with Crippen molar-refractivity contribution in [3.05, 3.63) is 29.3 Å². The molecular weight excluding hydrogens is 523 g/mol. The van der Waals surface area contributed by atoms with Crippen LogP contribution in [0.4, 0.5) is 23.7 Å². The maximum Gasteiger partial charge on any atom is 0.416 e. The number of carbonyl (C=O) groups is 2. The molecule has 3 aliphatic rings. The van der Waals surface area contributed by atoms with Crippen LogP contribution in [0.2, 0.25) is 0 Å². The zero-order valence-corrected chi connectivity index (χ0v) is 22.4. The maximum absolute atomic E-state index is 13.7. The van der Waals surface area contributed by atoms with Gasteiger partial charge < -0.3 is 15.5 Å². The molecule has 13 heteroatoms. The molecule has 2 aliphatic heterocycles. The molecule has 1 saturated carbocycles. The lowest BCUT2D eigenvalue weighted by molar-refractivity contribution is -0.138. The zero-order chi connectivity index (χ0) is 27.7. The van der Waals surface area contributed by atoms with E-state index < -0.39 is 39.1 Å². The van der Waals surface area contributed by atoms with Crippen molar-refractivity contribution in [1.29, 1.82) is 0 Å². The predicted octanol–water partition coefficient (Wildman–Crippen LogP) is 3.61. The van der Waals surface area contributed by atoms with Gasteiger partial charge in [0.15, 0.2) is 0 Å². The highest BCUT2D eigenvalue weighted by Crippen LogP contribution is 2.36. The number of hydrogen-bond acceptors (Lipinski definition) is 5. The number of benzene rings is 1. The van der Waals surface area contributed by atoms with E-state index in [1.54, 1.807) is 0 Å². The van der Waals surface area contributed by atoms with Crippen LogP contribution in [0.25, 0.3) is 0 Å². The molecular formula is C25H34F3N5O4S. The van der Waals surface area contributed by atoms with Crippen LogP contribution in [-0.2, 0) is 27.4 Å². The van der Waals surface area contributed by atoms with Crippen molar-refractivity contribution in [3.63, 3.8) is 0 Å². The van der Waals surface area contributed by atoms with Crippen molar-refractivity contribution in [3.8, 4) is 0 Å². The third-order valence-corrected chi connectivity index (χ3v) is 9.51. The van der Waals surface area contributed by atoms with E-state index in [2.05, 4.69) is 10.6 Å². The molecule has 1 aliphatic carbocycles. The molecule has 1 saturated heterocycles. The number of amidine groups is 1. The summed E-state index contributed by atoms with van der Waals surface area (Å²) in [6.45, 7) is 0.164. The summed E-state index contributed by atoms with van der Waals surface area (Å²) in [6, 6.07) is 2.75. The minimum atomic E-state index is -4.72. The number of aryl methyl sites for hydroxylation is 1. The number of nitrogens with zero attached hydrogens (tertiary/aromatic N) is 3. The molecule has 2 fully saturated rings. The van der Waals surface area contributed by atoms with Gasteiger partial charge in [-0.2, -0.15) is 13.2 Å². The van der Waals surface area contributed by atoms with Crippen LogP contribution in [0.15, 0.2) is 23.2 Å². The van der Waals surface area contributed by atoms with Crippen molar-refractivity contribution < 1.29 is 31.2 Å². The number of anilines is 1. The minimum absolute atomic E-state index is 0.0352. The lowest BCUT2D eigenvalue weighted by atomic mass is 9.88. The number of piperidine rings is 1. The van der Waals surface area contributed by atoms with E-state index in [9.17, 15) is 31.2 Å². The average molecular weight is 558 g/mol. The van der Waals surface area contributed by atoms with Crippen LogP contribution in [0.1, 0.15) is 56.1 Å². The second-order valence-electron chi connectivity index (χ2n) is 10.5. The van der Waals surface area contributed by atoms with Crippen LogP contribution in [0.5, 0.6) is 0 Å². The fraction of sp³-hybridized carbons (Fsp3) is 0.640. The van der Waals surface area contributed by atoms with Crippen molar-refractivity contribution >= 4 is 33.5 Å². The Balaban J connectivity index is 1.41. The van der Waals surface area contributed by atoms with Gasteiger partial charge in [-0.25, -0.2) is 17.5 Å². The minimum Gasteiger partial charge on any atom is -0.331 e. The molecule has 0 unspecified atom stereocenters. The number of halogens is 3. The van der Waals surface area contributed by atoms with E-state index in [1.165, 1.54) is 41.9 Å². The van der Waals surface area contributed by atoms with E-state index in [4.69, 9.17) is 4.99 Å². The van der Waals surface area contributed by atoms with E-state index >= 15 is 0 Å². The Labute approximate surface area is 220 Å². The first kappa shape index (κ1) is 28.3. The highest BCUT2D eigenvalue weighted by Gasteiger charge is 2.48. The van der Waals surface area contributed by atoms with Gasteiger partial charge in [-0.15, -0.1) is 0 Å². The van der Waals surface area contributed by atoms with Crippen molar-refractivity contribution in [2.45, 2.75) is 63.1 Å². The Bertz CT molecular complexity index is 1200. The summed E-state index contributed by atoms with van der Waals surface area (Å²) in [5.41, 5.74) is -2.16. The number of hydrogen-bond donors (Lipinski definition) is 2. The maximum atomic E-state index is 13.7. The summed E-state index contributed by atoms with van der Waals surface area (Å²) < 4.78 is 68.6. The topological polar surface area (TPSA) is 111 Å². The zero-order valence-electron chi connectivity index (χ0n) is 21.6. The van der Waals surface area contributed by atoms with Gasteiger partial charge in [0.05, 0.1) is 11.3 Å². The predicted molar refractivity (Wildman–Crippen MR) is 137 cm³/mol. The van der Waals surface area contributed by atoms with Gasteiger partial charge in [-0.3, -0.25) is 9.79 Å². The Morgan fingerprint density at radius 1 is 1.18 bits per heavy atom. The molecule has 0 atom stereocenters. The Morgan fingerprint density at radius 2 is 1.84 bits per heavy atom. The number of aliphatic imine (C=N–C) groups is 1. The van der Waals surface area contributed by atoms with E-state index in [0.29, 0.717) is 0 Å². The lowest BCUT2D eigenvalue weighted by Gasteiger charge is -2.34. The Kier molecular flexibility index (Phi) is 8.08. The fourth-order valence-corrected chi connectivity index (χ4v) is 6.80. The van der Waals surface area contributed by atoms with Gasteiger partial charge in [-0.05, 0) is 49.8 Å². The smallest absolute Gasteiger partial charge is 0.331 e. The Hall–Kier alpha value is -2.67. The number of alkyl halides is 3. The van der Waals surface area contributed by atoms with Crippen LogP contribution >= 0.6 is 0 Å². The summed E-state index contributed by atoms with van der Waals surface area (Å²) in [4.78, 5) is 30.6. The number of nitrogens with one attached hydrogen (secondary N) is 2. The number of amides is 3. The summed E-state index contributed by atoms with van der Waals surface area (Å²) in [6.07, 6.45) is 0.758. The first-order chi connectivity index (χ1) is 17.8. The molecule has 9 nitrogen and oxygen atoms in total. The highest BCUT2D eigenvalue weighted by atomic mass is 32.2. The number of urea groups is 1. The first-order valence-corrected chi connectivity index (χ1v) is 14.5. The van der Waals surface area contributed by atoms with Crippen LogP contribution < -0.4 is 10.6 Å². The standard InChI is InChI=1S/C25H34F3N5O4S/c1-32(2)23(35)29-19-9-8-17(20(16-19)25(26,27)28)10-15-38(36,37)33-13-11-24(12-14-33)22(34)30-21(31-24)18-6-4-3-5-7-18/h8-9,16,18H,3-7,10-15H2,1-2H3,(H,29,35)(H,30,31,34). The van der Waals surface area contributed by atoms with Crippen molar-refractivity contribution in [1.82, 2.24) is 14.5 Å². The average Bonchev–Trinajstić information content (AvgIpc) is 3.18. The second kappa shape index (κ2) is 10.8.